The zero-order chi connectivity index (χ0) is 92.5. The zero-order valence-corrected chi connectivity index (χ0v) is 78.0. The number of ketones is 1. The fraction of sp³-hybridized carbons (Fsp3) is 0.321. The monoisotopic (exact) mass is 1810 g/mol. The van der Waals surface area contributed by atoms with Gasteiger partial charge < -0.3 is 63.7 Å². The third kappa shape index (κ3) is 37.3. The number of carbonyl (C=O) groups is 5. The molecule has 1 aliphatic rings. The van der Waals surface area contributed by atoms with Crippen LogP contribution >= 0.6 is 35.7 Å². The summed E-state index contributed by atoms with van der Waals surface area (Å²) in [7, 11) is 14.3. The Hall–Kier alpha value is -12.0. The van der Waals surface area contributed by atoms with Gasteiger partial charge in [-0.3, -0.25) is 24.0 Å². The van der Waals surface area contributed by atoms with Gasteiger partial charge in [-0.05, 0) is 230 Å². The quantitative estimate of drug-likeness (QED) is 0.0141. The molecular formula is C106H124F2N6O12S3. The van der Waals surface area contributed by atoms with Gasteiger partial charge in [-0.15, -0.1) is 23.5 Å². The number of ether oxygens (including phenoxy) is 4. The van der Waals surface area contributed by atoms with E-state index in [1.165, 1.54) is 69.2 Å². The molecule has 11 aromatic carbocycles. The second-order valence-electron chi connectivity index (χ2n) is 31.3. The molecular weight excluding hydrogens is 1680 g/mol. The predicted molar refractivity (Wildman–Crippen MR) is 521 cm³/mol. The first kappa shape index (κ1) is 102. The van der Waals surface area contributed by atoms with E-state index < -0.39 is 0 Å². The number of morpholine rings is 1. The average molecular weight is 1810 g/mol. The number of phenols is 3. The Kier molecular flexibility index (Phi) is 45.3. The molecule has 11 aromatic rings. The van der Waals surface area contributed by atoms with E-state index in [4.69, 9.17) is 31.2 Å². The first-order chi connectivity index (χ1) is 62.5. The van der Waals surface area contributed by atoms with Crippen molar-refractivity contribution in [3.05, 3.63) is 329 Å². The van der Waals surface area contributed by atoms with E-state index in [1.54, 1.807) is 110 Å². The number of nitrogens with zero attached hydrogens (tertiary/aromatic N) is 6. The van der Waals surface area contributed by atoms with Crippen LogP contribution in [0.5, 0.6) is 34.5 Å². The van der Waals surface area contributed by atoms with Gasteiger partial charge >= 0.3 is 0 Å². The number of hydrogen-bond acceptors (Lipinski definition) is 16. The Morgan fingerprint density at radius 1 is 0.372 bits per heavy atom. The number of thiocarbonyl (C=S) groups is 1. The molecule has 23 heteroatoms. The molecule has 0 bridgehead atoms. The second-order valence-corrected chi connectivity index (χ2v) is 34.1. The SMILES string of the molecule is CN(Cc1ccccc1-c1ccccc1)C(=O)CCCSc1ccc(O)cc1.CN(Cc1ccccc1N1CCOCC1)C(=O)CCCCc1ccc(O)cc1.COc1ccccc1CN(C)C(=O)CCCC(=O)c1ccc(F)cc1.COc1ccccc1CN(C)C(=O)CCCCc1ccc(F)cc1.COc1ccccc1CN(C)C(=S)CCCSc1ccc(O)cc1. The summed E-state index contributed by atoms with van der Waals surface area (Å²) in [6.45, 7) is 6.29. The molecule has 0 aromatic heterocycles. The van der Waals surface area contributed by atoms with Gasteiger partial charge in [-0.2, -0.15) is 0 Å². The van der Waals surface area contributed by atoms with Crippen LogP contribution in [-0.4, -0.2) is 169 Å². The van der Waals surface area contributed by atoms with Crippen molar-refractivity contribution in [3.63, 3.8) is 0 Å². The third-order valence-electron chi connectivity index (χ3n) is 21.5. The topological polar surface area (TPSA) is 202 Å². The molecule has 1 saturated heterocycles. The molecule has 0 spiro atoms. The number of carbonyl (C=O) groups excluding carboxylic acids is 5. The number of hydrogen-bond donors (Lipinski definition) is 3. The number of anilines is 1. The Balaban J connectivity index is 0.000000200. The summed E-state index contributed by atoms with van der Waals surface area (Å²) >= 11 is 9.03. The van der Waals surface area contributed by atoms with Crippen molar-refractivity contribution >= 4 is 75.8 Å². The summed E-state index contributed by atoms with van der Waals surface area (Å²) < 4.78 is 47.2. The lowest BCUT2D eigenvalue weighted by Gasteiger charge is -2.31. The van der Waals surface area contributed by atoms with Gasteiger partial charge in [0.2, 0.25) is 23.6 Å². The van der Waals surface area contributed by atoms with Crippen LogP contribution in [-0.2, 0) is 69.5 Å². The maximum Gasteiger partial charge on any atom is 0.222 e. The number of unbranched alkanes of at least 4 members (excludes halogenated alkanes) is 2. The molecule has 682 valence electrons. The van der Waals surface area contributed by atoms with Crippen molar-refractivity contribution < 1.29 is 67.0 Å². The zero-order valence-electron chi connectivity index (χ0n) is 75.5. The van der Waals surface area contributed by atoms with E-state index in [0.29, 0.717) is 69.6 Å². The van der Waals surface area contributed by atoms with Crippen LogP contribution < -0.4 is 19.1 Å². The molecule has 0 aliphatic carbocycles. The normalized spacial score (nSPS) is 11.3. The lowest BCUT2D eigenvalue weighted by Crippen LogP contribution is -2.37. The Labute approximate surface area is 775 Å². The van der Waals surface area contributed by atoms with E-state index in [2.05, 4.69) is 58.3 Å². The van der Waals surface area contributed by atoms with Crippen LogP contribution in [0, 0.1) is 11.6 Å². The van der Waals surface area contributed by atoms with Crippen molar-refractivity contribution in [2.24, 2.45) is 0 Å². The smallest absolute Gasteiger partial charge is 0.222 e. The van der Waals surface area contributed by atoms with E-state index in [1.807, 2.05) is 178 Å². The second kappa shape index (κ2) is 57.0. The van der Waals surface area contributed by atoms with E-state index in [-0.39, 0.29) is 59.0 Å². The number of thioether (sulfide) groups is 2. The van der Waals surface area contributed by atoms with Crippen LogP contribution in [0.25, 0.3) is 11.1 Å². The molecule has 3 N–H and O–H groups in total. The lowest BCUT2D eigenvalue weighted by atomic mass is 9.99. The molecule has 129 heavy (non-hydrogen) atoms. The van der Waals surface area contributed by atoms with E-state index in [0.717, 1.165) is 157 Å². The summed E-state index contributed by atoms with van der Waals surface area (Å²) in [5.41, 5.74) is 11.7. The number of amides is 4. The minimum atomic E-state index is -0.371. The number of rotatable bonds is 40. The van der Waals surface area contributed by atoms with Crippen molar-refractivity contribution in [1.29, 1.82) is 0 Å². The van der Waals surface area contributed by atoms with Gasteiger partial charge in [0.1, 0.15) is 46.1 Å². The van der Waals surface area contributed by atoms with Gasteiger partial charge in [-0.25, -0.2) is 8.78 Å². The van der Waals surface area contributed by atoms with Crippen LogP contribution in [0.15, 0.2) is 283 Å². The molecule has 0 atom stereocenters. The number of aromatic hydroxyl groups is 3. The summed E-state index contributed by atoms with van der Waals surface area (Å²) in [5, 5.41) is 27.9. The summed E-state index contributed by atoms with van der Waals surface area (Å²) in [5.74, 6) is 4.97. The van der Waals surface area contributed by atoms with Gasteiger partial charge in [0.15, 0.2) is 5.78 Å². The van der Waals surface area contributed by atoms with Gasteiger partial charge in [0.25, 0.3) is 0 Å². The van der Waals surface area contributed by atoms with Gasteiger partial charge in [0.05, 0.1) is 39.5 Å². The Morgan fingerprint density at radius 2 is 0.721 bits per heavy atom. The van der Waals surface area contributed by atoms with E-state index >= 15 is 0 Å². The number of aryl methyl sites for hydroxylation is 2. The first-order valence-electron chi connectivity index (χ1n) is 43.7. The number of para-hydroxylation sites is 4. The minimum Gasteiger partial charge on any atom is -0.508 e. The fourth-order valence-electron chi connectivity index (χ4n) is 14.1. The maximum absolute atomic E-state index is 12.9. The average Bonchev–Trinajstić information content (AvgIpc) is 0.839. The number of phenolic OH excluding ortho intramolecular Hbond substituents is 3. The van der Waals surface area contributed by atoms with Crippen molar-refractivity contribution in [2.45, 2.75) is 139 Å². The van der Waals surface area contributed by atoms with Crippen LogP contribution in [0.2, 0.25) is 0 Å². The maximum atomic E-state index is 12.9. The predicted octanol–water partition coefficient (Wildman–Crippen LogP) is 22.0. The Morgan fingerprint density at radius 3 is 1.18 bits per heavy atom. The molecule has 1 aliphatic heterocycles. The highest BCUT2D eigenvalue weighted by Crippen LogP contribution is 2.30. The number of Topliss-reactive ketones (excluding diaryl/α,β-unsaturated/α-hetero) is 1. The molecule has 0 unspecified atom stereocenters. The van der Waals surface area contributed by atoms with Gasteiger partial charge in [0, 0.05) is 151 Å². The van der Waals surface area contributed by atoms with Crippen molar-refractivity contribution in [1.82, 2.24) is 24.5 Å². The number of halogens is 2. The summed E-state index contributed by atoms with van der Waals surface area (Å²) in [4.78, 5) is 76.3. The molecule has 1 fully saturated rings. The third-order valence-corrected chi connectivity index (χ3v) is 24.2. The van der Waals surface area contributed by atoms with Gasteiger partial charge in [-0.1, -0.05) is 164 Å². The molecule has 12 rings (SSSR count). The number of methoxy groups -OCH3 is 3. The highest BCUT2D eigenvalue weighted by Gasteiger charge is 2.21. The highest BCUT2D eigenvalue weighted by molar-refractivity contribution is 7.99. The van der Waals surface area contributed by atoms with Crippen molar-refractivity contribution in [2.75, 3.05) is 99.3 Å². The molecule has 0 saturated carbocycles. The largest absolute Gasteiger partial charge is 0.508 e. The molecule has 1 heterocycles. The van der Waals surface area contributed by atoms with Crippen LogP contribution in [0.1, 0.15) is 133 Å². The molecule has 18 nitrogen and oxygen atoms in total. The minimum absolute atomic E-state index is 0.0298. The molecule has 4 amide bonds. The van der Waals surface area contributed by atoms with Crippen LogP contribution in [0.3, 0.4) is 0 Å². The fourth-order valence-corrected chi connectivity index (χ4v) is 16.0. The Bertz CT molecular complexity index is 5070. The first-order valence-corrected chi connectivity index (χ1v) is 46.1. The molecule has 0 radical (unpaired) electrons. The van der Waals surface area contributed by atoms with E-state index in [9.17, 15) is 48.1 Å². The standard InChI is InChI=1S/C24H25NO2S.C23H30N2O3.C20H22FNO3.C20H24FNO2.C19H23NO2S2/c1-25(24(27)12-7-17-28-22-15-13-21(26)14-16-22)18-20-10-5-6-11-23(20)19-8-3-2-4-9-19;1-24(23(27)9-5-2-6-19-10-12-21(26)13-11-19)18-20-7-3-4-8-22(20)25-14-16-28-17-15-25;1-22(14-16-6-3-4-8-19(16)25-2)20(24)9-5-7-18(23)15-10-12-17(21)13-11-15;1-22(15-17-8-4-5-9-19(17)24-2)20(23)10-6-3-7-16-11-13-18(21)14-12-16;1-20(14-15-6-3-4-7-18(15)22-2)19(23)8-5-13-24-17-11-9-16(21)10-12-17/h2-6,8-11,13-16,26H,7,12,17-18H2,1H3;3-4,7-8,10-13,26H,2,5-6,9,14-18H2,1H3;3-4,6,8,10-13H,5,7,9,14H2,1-2H3;4-5,8-9,11-14H,3,6-7,10,15H2,1-2H3;3-4,6-7,9-12,21H,5,8,13-14H2,1-2H3. The van der Waals surface area contributed by atoms with Crippen LogP contribution in [0.4, 0.5) is 14.5 Å². The summed E-state index contributed by atoms with van der Waals surface area (Å²) in [6.07, 6.45) is 10.8. The lowest BCUT2D eigenvalue weighted by molar-refractivity contribution is -0.131. The number of benzene rings is 11. The summed E-state index contributed by atoms with van der Waals surface area (Å²) in [6, 6.07) is 83.9. The van der Waals surface area contributed by atoms with Crippen molar-refractivity contribution in [3.8, 4) is 45.6 Å². The highest BCUT2D eigenvalue weighted by atomic mass is 32.2.